The predicted molar refractivity (Wildman–Crippen MR) is 137 cm³/mol. The summed E-state index contributed by atoms with van der Waals surface area (Å²) in [5.41, 5.74) is 2.01. The van der Waals surface area contributed by atoms with E-state index in [9.17, 15) is 19.2 Å². The summed E-state index contributed by atoms with van der Waals surface area (Å²) in [6.45, 7) is 0.572. The van der Waals surface area contributed by atoms with Crippen molar-refractivity contribution in [1.82, 2.24) is 20.1 Å². The van der Waals surface area contributed by atoms with Gasteiger partial charge in [-0.05, 0) is 29.2 Å². The van der Waals surface area contributed by atoms with E-state index in [0.717, 1.165) is 26.2 Å². The minimum atomic E-state index is -0.754. The second-order valence-corrected chi connectivity index (χ2v) is 9.31. The molecule has 0 aliphatic carbocycles. The number of carbonyl (C=O) groups excluding carboxylic acids is 4. The molecule has 1 saturated heterocycles. The molecule has 0 atom stereocenters. The summed E-state index contributed by atoms with van der Waals surface area (Å²) in [4.78, 5) is 52.9. The molecule has 5 rings (SSSR count). The molecule has 2 N–H and O–H groups in total. The van der Waals surface area contributed by atoms with Crippen LogP contribution in [0.4, 0.5) is 4.79 Å². The largest absolute Gasteiger partial charge is 0.350 e. The first-order chi connectivity index (χ1) is 17.5. The molecule has 9 heteroatoms. The summed E-state index contributed by atoms with van der Waals surface area (Å²) in [7, 11) is 0. The molecule has 0 unspecified atom stereocenters. The molecule has 8 nitrogen and oxygen atoms in total. The Labute approximate surface area is 210 Å². The van der Waals surface area contributed by atoms with E-state index in [1.165, 1.54) is 6.08 Å². The minimum absolute atomic E-state index is 0.0439. The molecule has 1 aliphatic rings. The van der Waals surface area contributed by atoms with Crippen molar-refractivity contribution in [3.05, 3.63) is 99.9 Å². The molecular formula is C27H22N4O4S. The zero-order valence-electron chi connectivity index (χ0n) is 19.1. The summed E-state index contributed by atoms with van der Waals surface area (Å²) in [6, 6.07) is 19.7. The number of carbonyl (C=O) groups is 4. The maximum absolute atomic E-state index is 13.2. The fourth-order valence-corrected chi connectivity index (χ4v) is 4.73. The minimum Gasteiger partial charge on any atom is -0.350 e. The van der Waals surface area contributed by atoms with Gasteiger partial charge in [0.15, 0.2) is 0 Å². The highest BCUT2D eigenvalue weighted by Crippen LogP contribution is 2.25. The van der Waals surface area contributed by atoms with Gasteiger partial charge in [-0.1, -0.05) is 54.6 Å². The van der Waals surface area contributed by atoms with E-state index in [2.05, 4.69) is 10.6 Å². The molecular weight excluding hydrogens is 476 g/mol. The van der Waals surface area contributed by atoms with Crippen molar-refractivity contribution in [2.75, 3.05) is 0 Å². The number of barbiturate groups is 1. The number of thiophene rings is 1. The number of hydrogen-bond acceptors (Lipinski definition) is 5. The molecule has 1 fully saturated rings. The van der Waals surface area contributed by atoms with Crippen molar-refractivity contribution < 1.29 is 19.2 Å². The number of nitrogens with zero attached hydrogens (tertiary/aromatic N) is 2. The van der Waals surface area contributed by atoms with Crippen molar-refractivity contribution >= 4 is 52.1 Å². The van der Waals surface area contributed by atoms with Gasteiger partial charge in [0.25, 0.3) is 11.8 Å². The van der Waals surface area contributed by atoms with Crippen LogP contribution in [-0.2, 0) is 34.0 Å². The maximum Gasteiger partial charge on any atom is 0.331 e. The van der Waals surface area contributed by atoms with Crippen LogP contribution in [-0.4, -0.2) is 33.2 Å². The number of hydrogen-bond donors (Lipinski definition) is 2. The Morgan fingerprint density at radius 1 is 0.972 bits per heavy atom. The van der Waals surface area contributed by atoms with Crippen LogP contribution in [0.15, 0.2) is 83.9 Å². The molecule has 0 bridgehead atoms. The molecule has 36 heavy (non-hydrogen) atoms. The Kier molecular flexibility index (Phi) is 6.46. The second kappa shape index (κ2) is 10.0. The van der Waals surface area contributed by atoms with E-state index in [4.69, 9.17) is 0 Å². The van der Waals surface area contributed by atoms with Crippen LogP contribution in [0.5, 0.6) is 0 Å². The molecule has 2 aromatic heterocycles. The Morgan fingerprint density at radius 3 is 2.53 bits per heavy atom. The molecule has 3 heterocycles. The lowest BCUT2D eigenvalue weighted by atomic mass is 10.1. The SMILES string of the molecule is O=C(Cn1cc(C=C2C(=O)NC(=O)N(Cc3ccccc3)C2=O)c2ccccc21)NCc1cccs1. The Morgan fingerprint density at radius 2 is 1.75 bits per heavy atom. The van der Waals surface area contributed by atoms with E-state index in [1.54, 1.807) is 34.2 Å². The Hall–Kier alpha value is -4.50. The maximum atomic E-state index is 13.2. The van der Waals surface area contributed by atoms with Crippen LogP contribution >= 0.6 is 11.3 Å². The average Bonchev–Trinajstić information content (AvgIpc) is 3.52. The van der Waals surface area contributed by atoms with Gasteiger partial charge >= 0.3 is 6.03 Å². The third kappa shape index (κ3) is 4.82. The van der Waals surface area contributed by atoms with Crippen LogP contribution in [0.25, 0.3) is 17.0 Å². The lowest BCUT2D eigenvalue weighted by molar-refractivity contribution is -0.130. The van der Waals surface area contributed by atoms with Crippen LogP contribution < -0.4 is 10.6 Å². The lowest BCUT2D eigenvalue weighted by Crippen LogP contribution is -2.53. The summed E-state index contributed by atoms with van der Waals surface area (Å²) in [5, 5.41) is 7.90. The lowest BCUT2D eigenvalue weighted by Gasteiger charge is -2.26. The average molecular weight is 499 g/mol. The number of para-hydroxylation sites is 1. The Balaban J connectivity index is 1.42. The summed E-state index contributed by atoms with van der Waals surface area (Å²) < 4.78 is 1.78. The van der Waals surface area contributed by atoms with Gasteiger partial charge < -0.3 is 9.88 Å². The first kappa shape index (κ1) is 23.3. The third-order valence-corrected chi connectivity index (χ3v) is 6.72. The first-order valence-corrected chi connectivity index (χ1v) is 12.2. The van der Waals surface area contributed by atoms with E-state index in [1.807, 2.05) is 60.0 Å². The standard InChI is InChI=1S/C27H22N4O4S/c32-24(28-14-20-9-6-12-36-20)17-30-16-19(21-10-4-5-11-23(21)30)13-22-25(33)29-27(35)31(26(22)34)15-18-7-2-1-3-8-18/h1-13,16H,14-15,17H2,(H,28,32)(H,29,33,35). The van der Waals surface area contributed by atoms with Crippen molar-refractivity contribution in [2.24, 2.45) is 0 Å². The van der Waals surface area contributed by atoms with E-state index in [-0.39, 0.29) is 24.6 Å². The number of urea groups is 1. The predicted octanol–water partition coefficient (Wildman–Crippen LogP) is 3.68. The van der Waals surface area contributed by atoms with Gasteiger partial charge in [0.1, 0.15) is 12.1 Å². The summed E-state index contributed by atoms with van der Waals surface area (Å²) in [6.07, 6.45) is 3.21. The number of rotatable bonds is 7. The highest BCUT2D eigenvalue weighted by Gasteiger charge is 2.35. The molecule has 1 aliphatic heterocycles. The fourth-order valence-electron chi connectivity index (χ4n) is 4.09. The van der Waals surface area contributed by atoms with E-state index in [0.29, 0.717) is 12.1 Å². The molecule has 5 amide bonds. The van der Waals surface area contributed by atoms with E-state index < -0.39 is 17.8 Å². The summed E-state index contributed by atoms with van der Waals surface area (Å²) in [5.74, 6) is -1.58. The number of aromatic nitrogens is 1. The van der Waals surface area contributed by atoms with Gasteiger partial charge in [0.2, 0.25) is 5.91 Å². The number of fused-ring (bicyclic) bond motifs is 1. The highest BCUT2D eigenvalue weighted by atomic mass is 32.1. The van der Waals surface area contributed by atoms with Gasteiger partial charge in [-0.25, -0.2) is 4.79 Å². The quantitative estimate of drug-likeness (QED) is 0.300. The van der Waals surface area contributed by atoms with E-state index >= 15 is 0 Å². The number of imide groups is 2. The summed E-state index contributed by atoms with van der Waals surface area (Å²) >= 11 is 1.57. The first-order valence-electron chi connectivity index (χ1n) is 11.3. The zero-order chi connectivity index (χ0) is 25.1. The van der Waals surface area contributed by atoms with Gasteiger partial charge in [0.05, 0.1) is 13.1 Å². The van der Waals surface area contributed by atoms with Gasteiger partial charge in [-0.15, -0.1) is 11.3 Å². The zero-order valence-corrected chi connectivity index (χ0v) is 20.0. The third-order valence-electron chi connectivity index (χ3n) is 5.84. The fraction of sp³-hybridized carbons (Fsp3) is 0.111. The second-order valence-electron chi connectivity index (χ2n) is 8.28. The van der Waals surface area contributed by atoms with Crippen molar-refractivity contribution in [3.8, 4) is 0 Å². The number of benzene rings is 2. The van der Waals surface area contributed by atoms with Gasteiger partial charge in [-0.3, -0.25) is 24.6 Å². The molecule has 2 aromatic carbocycles. The van der Waals surface area contributed by atoms with Gasteiger partial charge in [0, 0.05) is 27.5 Å². The smallest absolute Gasteiger partial charge is 0.331 e. The van der Waals surface area contributed by atoms with Crippen LogP contribution in [0.1, 0.15) is 16.0 Å². The monoisotopic (exact) mass is 498 g/mol. The molecule has 180 valence electrons. The van der Waals surface area contributed by atoms with Gasteiger partial charge in [-0.2, -0.15) is 0 Å². The Bertz CT molecular complexity index is 1490. The molecule has 4 aromatic rings. The number of amides is 5. The molecule has 0 saturated carbocycles. The van der Waals surface area contributed by atoms with Crippen molar-refractivity contribution in [1.29, 1.82) is 0 Å². The molecule has 0 radical (unpaired) electrons. The van der Waals surface area contributed by atoms with Crippen LogP contribution in [0, 0.1) is 0 Å². The normalized spacial score (nSPS) is 14.9. The number of nitrogens with one attached hydrogen (secondary N) is 2. The molecule has 0 spiro atoms. The van der Waals surface area contributed by atoms with Crippen LogP contribution in [0.2, 0.25) is 0 Å². The highest BCUT2D eigenvalue weighted by molar-refractivity contribution is 7.09. The van der Waals surface area contributed by atoms with Crippen LogP contribution in [0.3, 0.4) is 0 Å². The van der Waals surface area contributed by atoms with Crippen molar-refractivity contribution in [2.45, 2.75) is 19.6 Å². The van der Waals surface area contributed by atoms with Crippen molar-refractivity contribution in [3.63, 3.8) is 0 Å². The topological polar surface area (TPSA) is 101 Å².